The molecule has 0 bridgehead atoms. The summed E-state index contributed by atoms with van der Waals surface area (Å²) in [4.78, 5) is 15.0. The molecule has 0 aliphatic heterocycles. The number of hydrogen-bond donors (Lipinski definition) is 1. The van der Waals surface area contributed by atoms with E-state index in [-0.39, 0.29) is 12.6 Å². The lowest BCUT2D eigenvalue weighted by Crippen LogP contribution is -2.25. The number of hydrogen-bond acceptors (Lipinski definition) is 4. The molecule has 0 unspecified atom stereocenters. The lowest BCUT2D eigenvalue weighted by Gasteiger charge is -2.00. The highest BCUT2D eigenvalue weighted by Gasteiger charge is 2.05. The smallest absolute Gasteiger partial charge is 0.272 e. The maximum Gasteiger partial charge on any atom is 0.272 e. The molecule has 1 heterocycles. The van der Waals surface area contributed by atoms with Crippen LogP contribution in [0.25, 0.3) is 0 Å². The molecule has 0 fully saturated rings. The summed E-state index contributed by atoms with van der Waals surface area (Å²) < 4.78 is 4.86. The summed E-state index contributed by atoms with van der Waals surface area (Å²) >= 11 is 4.45. The third-order valence-electron chi connectivity index (χ3n) is 1.08. The van der Waals surface area contributed by atoms with Gasteiger partial charge in [-0.1, -0.05) is 15.9 Å². The Labute approximate surface area is 82.1 Å². The van der Waals surface area contributed by atoms with Gasteiger partial charge < -0.3 is 10.1 Å². The Morgan fingerprint density at radius 3 is 3.25 bits per heavy atom. The molecule has 12 heavy (non-hydrogen) atoms. The van der Waals surface area contributed by atoms with Crippen molar-refractivity contribution in [3.05, 3.63) is 16.6 Å². The van der Waals surface area contributed by atoms with Gasteiger partial charge in [0.2, 0.25) is 0 Å². The molecule has 0 aromatic carbocycles. The molecular formula is C6H7BrN2O2S. The van der Waals surface area contributed by atoms with Crippen LogP contribution >= 0.6 is 27.3 Å². The van der Waals surface area contributed by atoms with Crippen LogP contribution in [-0.4, -0.2) is 23.1 Å². The third-order valence-corrected chi connectivity index (χ3v) is 1.99. The van der Waals surface area contributed by atoms with Crippen molar-refractivity contribution in [3.63, 3.8) is 0 Å². The number of ether oxygens (including phenoxy) is 1. The van der Waals surface area contributed by atoms with Crippen LogP contribution in [0.2, 0.25) is 0 Å². The van der Waals surface area contributed by atoms with Crippen molar-refractivity contribution in [3.8, 4) is 0 Å². The van der Waals surface area contributed by atoms with E-state index in [4.69, 9.17) is 4.74 Å². The number of carbonyl (C=O) groups excluding carboxylic acids is 1. The predicted octanol–water partition coefficient (Wildman–Crippen LogP) is 1.20. The number of alkyl halides is 1. The lowest BCUT2D eigenvalue weighted by molar-refractivity contribution is 0.0858. The first-order chi connectivity index (χ1) is 5.84. The number of amides is 1. The van der Waals surface area contributed by atoms with Crippen LogP contribution in [0.5, 0.6) is 0 Å². The number of halogens is 1. The van der Waals surface area contributed by atoms with Gasteiger partial charge in [-0.3, -0.25) is 4.79 Å². The molecule has 0 spiro atoms. The first-order valence-corrected chi connectivity index (χ1v) is 5.21. The van der Waals surface area contributed by atoms with E-state index >= 15 is 0 Å². The van der Waals surface area contributed by atoms with Crippen LogP contribution in [0.1, 0.15) is 10.5 Å². The molecule has 0 radical (unpaired) electrons. The number of carbonyl (C=O) groups is 1. The largest absolute Gasteiger partial charge is 0.350 e. The standard InChI is InChI=1S/C6H7BrN2O2S/c7-2-11-3-8-6(10)5-1-12-4-9-5/h1,4H,2-3H2,(H,8,10). The molecule has 0 atom stereocenters. The molecule has 1 N–H and O–H groups in total. The zero-order valence-corrected chi connectivity index (χ0v) is 8.52. The Hall–Kier alpha value is -0.460. The molecule has 0 saturated carbocycles. The van der Waals surface area contributed by atoms with E-state index in [2.05, 4.69) is 26.2 Å². The van der Waals surface area contributed by atoms with E-state index < -0.39 is 0 Å². The van der Waals surface area contributed by atoms with Gasteiger partial charge in [-0.15, -0.1) is 11.3 Å². The van der Waals surface area contributed by atoms with Gasteiger partial charge >= 0.3 is 0 Å². The van der Waals surface area contributed by atoms with Crippen molar-refractivity contribution in [2.24, 2.45) is 0 Å². The van der Waals surface area contributed by atoms with E-state index in [1.165, 1.54) is 11.3 Å². The first kappa shape index (κ1) is 9.63. The van der Waals surface area contributed by atoms with Crippen LogP contribution < -0.4 is 5.32 Å². The third kappa shape index (κ3) is 2.88. The van der Waals surface area contributed by atoms with E-state index in [1.807, 2.05) is 0 Å². The quantitative estimate of drug-likeness (QED) is 0.497. The van der Waals surface area contributed by atoms with Crippen LogP contribution in [0, 0.1) is 0 Å². The summed E-state index contributed by atoms with van der Waals surface area (Å²) in [5.74, 6) is -0.211. The number of nitrogens with one attached hydrogen (secondary N) is 1. The minimum atomic E-state index is -0.211. The summed E-state index contributed by atoms with van der Waals surface area (Å²) in [5.41, 5.74) is 2.45. The molecule has 66 valence electrons. The monoisotopic (exact) mass is 250 g/mol. The first-order valence-electron chi connectivity index (χ1n) is 3.14. The molecule has 0 aliphatic rings. The van der Waals surface area contributed by atoms with E-state index in [1.54, 1.807) is 10.9 Å². The minimum absolute atomic E-state index is 0.196. The number of nitrogens with zero attached hydrogens (tertiary/aromatic N) is 1. The van der Waals surface area contributed by atoms with Crippen LogP contribution in [0.4, 0.5) is 0 Å². The van der Waals surface area contributed by atoms with Gasteiger partial charge in [-0.05, 0) is 0 Å². The van der Waals surface area contributed by atoms with Crippen molar-refractivity contribution < 1.29 is 9.53 Å². The summed E-state index contributed by atoms with van der Waals surface area (Å²) in [7, 11) is 0. The SMILES string of the molecule is O=C(NCOCBr)c1cscn1. The molecule has 1 aromatic rings. The van der Waals surface area contributed by atoms with Crippen LogP contribution in [0.15, 0.2) is 10.9 Å². The van der Waals surface area contributed by atoms with Gasteiger partial charge in [0.25, 0.3) is 5.91 Å². The molecule has 6 heteroatoms. The van der Waals surface area contributed by atoms with E-state index in [0.29, 0.717) is 11.2 Å². The fourth-order valence-corrected chi connectivity index (χ4v) is 1.26. The molecule has 1 rings (SSSR count). The molecule has 4 nitrogen and oxygen atoms in total. The second-order valence-corrected chi connectivity index (χ2v) is 3.01. The molecule has 0 aliphatic carbocycles. The van der Waals surface area contributed by atoms with Crippen molar-refractivity contribution in [1.82, 2.24) is 10.3 Å². The summed E-state index contributed by atoms with van der Waals surface area (Å²) in [5, 5.41) is 4.22. The normalized spacial score (nSPS) is 9.75. The van der Waals surface area contributed by atoms with Crippen molar-refractivity contribution in [1.29, 1.82) is 0 Å². The van der Waals surface area contributed by atoms with Gasteiger partial charge in [0, 0.05) is 5.38 Å². The zero-order valence-electron chi connectivity index (χ0n) is 6.12. The second kappa shape index (κ2) is 5.23. The topological polar surface area (TPSA) is 51.2 Å². The molecule has 1 amide bonds. The average Bonchev–Trinajstić information content (AvgIpc) is 2.56. The molecule has 1 aromatic heterocycles. The second-order valence-electron chi connectivity index (χ2n) is 1.84. The maximum absolute atomic E-state index is 11.1. The van der Waals surface area contributed by atoms with Gasteiger partial charge in [-0.25, -0.2) is 4.98 Å². The minimum Gasteiger partial charge on any atom is -0.350 e. The van der Waals surface area contributed by atoms with Gasteiger partial charge in [0.05, 0.1) is 5.51 Å². The summed E-state index contributed by atoms with van der Waals surface area (Å²) in [6.07, 6.45) is 0. The van der Waals surface area contributed by atoms with Gasteiger partial charge in [-0.2, -0.15) is 0 Å². The number of thiazole rings is 1. The Balaban J connectivity index is 2.30. The zero-order chi connectivity index (χ0) is 8.81. The predicted molar refractivity (Wildman–Crippen MR) is 49.3 cm³/mol. The Morgan fingerprint density at radius 1 is 1.83 bits per heavy atom. The molecular weight excluding hydrogens is 244 g/mol. The van der Waals surface area contributed by atoms with E-state index in [9.17, 15) is 4.79 Å². The molecule has 0 saturated heterocycles. The number of aromatic nitrogens is 1. The highest BCUT2D eigenvalue weighted by atomic mass is 79.9. The highest BCUT2D eigenvalue weighted by molar-refractivity contribution is 9.09. The summed E-state index contributed by atoms with van der Waals surface area (Å²) in [6.45, 7) is 0.196. The fraction of sp³-hybridized carbons (Fsp3) is 0.333. The Kier molecular flexibility index (Phi) is 4.20. The van der Waals surface area contributed by atoms with Gasteiger partial charge in [0.15, 0.2) is 0 Å². The van der Waals surface area contributed by atoms with E-state index in [0.717, 1.165) is 0 Å². The van der Waals surface area contributed by atoms with Crippen LogP contribution in [-0.2, 0) is 4.74 Å². The van der Waals surface area contributed by atoms with Crippen molar-refractivity contribution in [2.75, 3.05) is 12.2 Å². The Morgan fingerprint density at radius 2 is 2.67 bits per heavy atom. The fourth-order valence-electron chi connectivity index (χ4n) is 0.570. The van der Waals surface area contributed by atoms with Crippen molar-refractivity contribution in [2.45, 2.75) is 0 Å². The highest BCUT2D eigenvalue weighted by Crippen LogP contribution is 1.99. The lowest BCUT2D eigenvalue weighted by atomic mass is 10.5. The summed E-state index contributed by atoms with van der Waals surface area (Å²) in [6, 6.07) is 0. The maximum atomic E-state index is 11.1. The van der Waals surface area contributed by atoms with Gasteiger partial charge in [0.1, 0.15) is 17.9 Å². The Bertz CT molecular complexity index is 240. The van der Waals surface area contributed by atoms with Crippen LogP contribution in [0.3, 0.4) is 0 Å². The number of rotatable bonds is 4. The average molecular weight is 251 g/mol. The van der Waals surface area contributed by atoms with Crippen molar-refractivity contribution >= 4 is 33.2 Å².